The number of aromatic nitrogens is 2. The largest absolute Gasteiger partial charge is 0.342 e. The number of hydrogen-bond acceptors (Lipinski definition) is 3. The molecule has 1 aliphatic heterocycles. The zero-order valence-corrected chi connectivity index (χ0v) is 11.8. The third kappa shape index (κ3) is 2.40. The van der Waals surface area contributed by atoms with Crippen molar-refractivity contribution < 1.29 is 0 Å². The van der Waals surface area contributed by atoms with Crippen molar-refractivity contribution >= 4 is 18.2 Å². The minimum Gasteiger partial charge on any atom is -0.342 e. The molecule has 1 aromatic carbocycles. The van der Waals surface area contributed by atoms with Gasteiger partial charge in [-0.25, -0.2) is 4.98 Å². The molecule has 0 radical (unpaired) electrons. The second kappa shape index (κ2) is 5.13. The van der Waals surface area contributed by atoms with Crippen LogP contribution >= 0.6 is 12.2 Å². The number of benzene rings is 1. The fourth-order valence-electron chi connectivity index (χ4n) is 2.49. The third-order valence-corrected chi connectivity index (χ3v) is 4.01. The van der Waals surface area contributed by atoms with E-state index in [0.29, 0.717) is 4.64 Å². The highest BCUT2D eigenvalue weighted by Crippen LogP contribution is 2.25. The lowest BCUT2D eigenvalue weighted by molar-refractivity contribution is 0.893. The molecular weight excluding hydrogens is 254 g/mol. The molecule has 0 amide bonds. The first-order valence-electron chi connectivity index (χ1n) is 6.67. The molecule has 1 fully saturated rings. The molecule has 0 bridgehead atoms. The summed E-state index contributed by atoms with van der Waals surface area (Å²) < 4.78 is 0.694. The lowest BCUT2D eigenvalue weighted by Crippen LogP contribution is -2.21. The van der Waals surface area contributed by atoms with E-state index in [-0.39, 0.29) is 0 Å². The van der Waals surface area contributed by atoms with Gasteiger partial charge in [0.25, 0.3) is 0 Å². The second-order valence-electron chi connectivity index (χ2n) is 4.93. The molecule has 0 unspecified atom stereocenters. The predicted molar refractivity (Wildman–Crippen MR) is 81.0 cm³/mol. The summed E-state index contributed by atoms with van der Waals surface area (Å²) in [6.07, 6.45) is 2.47. The molecule has 2 heterocycles. The lowest BCUT2D eigenvalue weighted by atomic mass is 10.1. The standard InChI is InChI=1S/C15H17N3S/c1-11-13(12-7-3-2-4-8-12)16-15(17-14(11)19)18-9-5-6-10-18/h2-4,7-8H,5-6,9-10H2,1H3,(H,16,17,19). The van der Waals surface area contributed by atoms with Gasteiger partial charge < -0.3 is 9.88 Å². The molecule has 98 valence electrons. The smallest absolute Gasteiger partial charge is 0.204 e. The molecule has 19 heavy (non-hydrogen) atoms. The average molecular weight is 271 g/mol. The van der Waals surface area contributed by atoms with E-state index < -0.39 is 0 Å². The molecule has 0 atom stereocenters. The summed E-state index contributed by atoms with van der Waals surface area (Å²) in [5, 5.41) is 0. The molecule has 2 aromatic rings. The van der Waals surface area contributed by atoms with Gasteiger partial charge in [-0.1, -0.05) is 42.5 Å². The zero-order valence-electron chi connectivity index (χ0n) is 11.0. The number of anilines is 1. The molecule has 1 aliphatic rings. The fraction of sp³-hybridized carbons (Fsp3) is 0.333. The second-order valence-corrected chi connectivity index (χ2v) is 5.31. The van der Waals surface area contributed by atoms with Crippen LogP contribution in [0.5, 0.6) is 0 Å². The van der Waals surface area contributed by atoms with Crippen LogP contribution in [0.15, 0.2) is 30.3 Å². The topological polar surface area (TPSA) is 31.9 Å². The fourth-order valence-corrected chi connectivity index (χ4v) is 2.68. The highest BCUT2D eigenvalue weighted by atomic mass is 32.1. The maximum atomic E-state index is 5.41. The molecule has 4 heteroatoms. The van der Waals surface area contributed by atoms with Gasteiger partial charge in [-0.2, -0.15) is 0 Å². The Balaban J connectivity index is 2.11. The predicted octanol–water partition coefficient (Wildman–Crippen LogP) is 3.71. The van der Waals surface area contributed by atoms with Crippen LogP contribution in [0.3, 0.4) is 0 Å². The van der Waals surface area contributed by atoms with Crippen LogP contribution in [0.4, 0.5) is 5.95 Å². The maximum Gasteiger partial charge on any atom is 0.204 e. The van der Waals surface area contributed by atoms with Crippen LogP contribution in [-0.4, -0.2) is 23.1 Å². The Kier molecular flexibility index (Phi) is 3.34. The van der Waals surface area contributed by atoms with Gasteiger partial charge in [-0.05, 0) is 25.3 Å². The van der Waals surface area contributed by atoms with Gasteiger partial charge in [-0.15, -0.1) is 0 Å². The summed E-state index contributed by atoms with van der Waals surface area (Å²) in [6.45, 7) is 4.16. The number of aromatic amines is 1. The summed E-state index contributed by atoms with van der Waals surface area (Å²) in [7, 11) is 0. The molecule has 0 spiro atoms. The molecule has 1 saturated heterocycles. The normalized spacial score (nSPS) is 14.9. The van der Waals surface area contributed by atoms with Crippen molar-refractivity contribution in [2.24, 2.45) is 0 Å². The van der Waals surface area contributed by atoms with E-state index in [9.17, 15) is 0 Å². The Labute approximate surface area is 118 Å². The van der Waals surface area contributed by atoms with E-state index in [1.54, 1.807) is 0 Å². The summed E-state index contributed by atoms with van der Waals surface area (Å²) in [4.78, 5) is 10.3. The van der Waals surface area contributed by atoms with E-state index in [4.69, 9.17) is 12.2 Å². The Morgan fingerprint density at radius 2 is 1.84 bits per heavy atom. The van der Waals surface area contributed by atoms with E-state index in [1.807, 2.05) is 25.1 Å². The van der Waals surface area contributed by atoms with E-state index in [1.165, 1.54) is 12.8 Å². The van der Waals surface area contributed by atoms with Crippen molar-refractivity contribution in [1.82, 2.24) is 9.97 Å². The molecule has 3 nitrogen and oxygen atoms in total. The molecule has 0 aliphatic carbocycles. The molecule has 1 aromatic heterocycles. The van der Waals surface area contributed by atoms with Gasteiger partial charge >= 0.3 is 0 Å². The Hall–Kier alpha value is -1.68. The number of H-pyrrole nitrogens is 1. The number of nitrogens with zero attached hydrogens (tertiary/aromatic N) is 2. The van der Waals surface area contributed by atoms with Gasteiger partial charge in [0.1, 0.15) is 4.64 Å². The first kappa shape index (κ1) is 12.4. The van der Waals surface area contributed by atoms with Gasteiger partial charge in [0.15, 0.2) is 0 Å². The first-order valence-corrected chi connectivity index (χ1v) is 7.08. The van der Waals surface area contributed by atoms with Gasteiger partial charge in [0, 0.05) is 18.7 Å². The minimum atomic E-state index is 0.694. The Morgan fingerprint density at radius 1 is 1.16 bits per heavy atom. The molecule has 3 rings (SSSR count). The van der Waals surface area contributed by atoms with Crippen molar-refractivity contribution in [1.29, 1.82) is 0 Å². The number of hydrogen-bond donors (Lipinski definition) is 1. The highest BCUT2D eigenvalue weighted by molar-refractivity contribution is 7.71. The van der Waals surface area contributed by atoms with Crippen molar-refractivity contribution in [2.75, 3.05) is 18.0 Å². The number of rotatable bonds is 2. The minimum absolute atomic E-state index is 0.694. The van der Waals surface area contributed by atoms with Crippen LogP contribution in [0, 0.1) is 11.6 Å². The van der Waals surface area contributed by atoms with E-state index in [0.717, 1.165) is 35.9 Å². The van der Waals surface area contributed by atoms with Crippen molar-refractivity contribution in [3.05, 3.63) is 40.5 Å². The zero-order chi connectivity index (χ0) is 13.2. The monoisotopic (exact) mass is 271 g/mol. The SMILES string of the molecule is Cc1c(-c2ccccc2)[nH]c(N2CCCC2)nc1=S. The van der Waals surface area contributed by atoms with Gasteiger partial charge in [0.2, 0.25) is 5.95 Å². The summed E-state index contributed by atoms with van der Waals surface area (Å²) >= 11 is 5.41. The van der Waals surface area contributed by atoms with Crippen LogP contribution in [0.1, 0.15) is 18.4 Å². The number of nitrogens with one attached hydrogen (secondary N) is 1. The maximum absolute atomic E-state index is 5.41. The molecule has 0 saturated carbocycles. The van der Waals surface area contributed by atoms with Crippen LogP contribution < -0.4 is 4.90 Å². The van der Waals surface area contributed by atoms with Crippen molar-refractivity contribution in [2.45, 2.75) is 19.8 Å². The average Bonchev–Trinajstić information content (AvgIpc) is 2.97. The molecule has 1 N–H and O–H groups in total. The van der Waals surface area contributed by atoms with Crippen molar-refractivity contribution in [3.63, 3.8) is 0 Å². The van der Waals surface area contributed by atoms with Gasteiger partial charge in [0.05, 0.1) is 5.69 Å². The van der Waals surface area contributed by atoms with E-state index >= 15 is 0 Å². The quantitative estimate of drug-likeness (QED) is 0.845. The first-order chi connectivity index (χ1) is 9.25. The lowest BCUT2D eigenvalue weighted by Gasteiger charge is -2.18. The molecular formula is C15H17N3S. The van der Waals surface area contributed by atoms with Crippen LogP contribution in [-0.2, 0) is 0 Å². The Bertz CT molecular complexity index is 628. The van der Waals surface area contributed by atoms with Crippen molar-refractivity contribution in [3.8, 4) is 11.3 Å². The van der Waals surface area contributed by atoms with Gasteiger partial charge in [-0.3, -0.25) is 0 Å². The van der Waals surface area contributed by atoms with Crippen LogP contribution in [0.2, 0.25) is 0 Å². The highest BCUT2D eigenvalue weighted by Gasteiger charge is 2.16. The van der Waals surface area contributed by atoms with Crippen LogP contribution in [0.25, 0.3) is 11.3 Å². The summed E-state index contributed by atoms with van der Waals surface area (Å²) in [5.41, 5.74) is 3.29. The summed E-state index contributed by atoms with van der Waals surface area (Å²) in [5.74, 6) is 0.909. The third-order valence-electron chi connectivity index (χ3n) is 3.61. The summed E-state index contributed by atoms with van der Waals surface area (Å²) in [6, 6.07) is 10.3. The van der Waals surface area contributed by atoms with E-state index in [2.05, 4.69) is 27.0 Å². The Morgan fingerprint density at radius 3 is 2.53 bits per heavy atom.